The van der Waals surface area contributed by atoms with Gasteiger partial charge in [-0.15, -0.1) is 0 Å². The Hall–Kier alpha value is -3.03. The molecule has 0 spiro atoms. The fourth-order valence-corrected chi connectivity index (χ4v) is 2.21. The first-order valence-electron chi connectivity index (χ1n) is 7.98. The van der Waals surface area contributed by atoms with Crippen LogP contribution in [-0.2, 0) is 4.79 Å². The first-order chi connectivity index (χ1) is 12.0. The van der Waals surface area contributed by atoms with Crippen LogP contribution in [0, 0.1) is 0 Å². The number of nitrogens with zero attached hydrogens (tertiary/aromatic N) is 5. The summed E-state index contributed by atoms with van der Waals surface area (Å²) in [5.74, 6) is 0.0860. The van der Waals surface area contributed by atoms with Crippen LogP contribution in [0.4, 0.5) is 10.7 Å². The third kappa shape index (κ3) is 4.50. The summed E-state index contributed by atoms with van der Waals surface area (Å²) in [5, 5.41) is 2.23. The molecule has 1 aromatic heterocycles. The number of imide groups is 1. The van der Waals surface area contributed by atoms with E-state index in [1.165, 1.54) is 11.9 Å². The average molecular weight is 342 g/mol. The van der Waals surface area contributed by atoms with Gasteiger partial charge in [0.05, 0.1) is 5.69 Å². The van der Waals surface area contributed by atoms with E-state index in [9.17, 15) is 9.59 Å². The number of rotatable bonds is 6. The molecule has 0 unspecified atom stereocenters. The van der Waals surface area contributed by atoms with Crippen LogP contribution in [0.1, 0.15) is 26.0 Å². The van der Waals surface area contributed by atoms with Gasteiger partial charge >= 0.3 is 6.03 Å². The van der Waals surface area contributed by atoms with Crippen molar-refractivity contribution in [3.05, 3.63) is 35.4 Å². The van der Waals surface area contributed by atoms with Crippen molar-refractivity contribution in [1.82, 2.24) is 20.2 Å². The molecule has 0 aliphatic carbocycles. The largest absolute Gasteiger partial charge is 0.340 e. The van der Waals surface area contributed by atoms with E-state index in [0.29, 0.717) is 18.2 Å². The van der Waals surface area contributed by atoms with Gasteiger partial charge in [0.15, 0.2) is 0 Å². The number of hydrogen-bond donors (Lipinski definition) is 1. The van der Waals surface area contributed by atoms with Gasteiger partial charge in [0.25, 0.3) is 5.91 Å². The summed E-state index contributed by atoms with van der Waals surface area (Å²) in [7, 11) is 3.41. The summed E-state index contributed by atoms with van der Waals surface area (Å²) >= 11 is 0. The number of anilines is 1. The minimum Gasteiger partial charge on any atom is -0.340 e. The Morgan fingerprint density at radius 2 is 2.20 bits per heavy atom. The van der Waals surface area contributed by atoms with Crippen molar-refractivity contribution in [1.29, 1.82) is 0 Å². The predicted molar refractivity (Wildman–Crippen MR) is 97.1 cm³/mol. The molecule has 8 nitrogen and oxygen atoms in total. The van der Waals surface area contributed by atoms with E-state index in [-0.39, 0.29) is 5.70 Å². The van der Waals surface area contributed by atoms with Crippen LogP contribution in [0.15, 0.2) is 34.7 Å². The molecule has 1 saturated heterocycles. The quantitative estimate of drug-likeness (QED) is 0.484. The molecular formula is C17H22N6O2. The van der Waals surface area contributed by atoms with Crippen molar-refractivity contribution < 1.29 is 9.59 Å². The molecule has 1 aliphatic heterocycles. The lowest BCUT2D eigenvalue weighted by Gasteiger charge is -2.15. The summed E-state index contributed by atoms with van der Waals surface area (Å²) in [6, 6.07) is 1.24. The van der Waals surface area contributed by atoms with Crippen molar-refractivity contribution in [3.63, 3.8) is 0 Å². The van der Waals surface area contributed by atoms with Gasteiger partial charge in [-0.05, 0) is 31.6 Å². The number of nitrogens with one attached hydrogen (secondary N) is 1. The summed E-state index contributed by atoms with van der Waals surface area (Å²) in [6.45, 7) is 4.54. The molecule has 0 bridgehead atoms. The normalized spacial score (nSPS) is 16.9. The van der Waals surface area contributed by atoms with Crippen molar-refractivity contribution in [2.45, 2.75) is 20.3 Å². The second-order valence-corrected chi connectivity index (χ2v) is 5.45. The number of aromatic nitrogens is 2. The molecule has 0 saturated carbocycles. The standard InChI is InChI=1S/C17H22N6O2/c1-5-12(18-6-2)8-10-22(3)16-19-9-7-13(20-16)11-14-15(24)21-17(25)23(14)4/h6-9,11H,5,10H2,1-4H3,(H,21,24,25)/b12-8-,14-11?,18-6?. The number of amides is 3. The summed E-state index contributed by atoms with van der Waals surface area (Å²) < 4.78 is 0. The molecule has 0 radical (unpaired) electrons. The minimum absolute atomic E-state index is 0.253. The Kier molecular flexibility index (Phi) is 5.99. The monoisotopic (exact) mass is 342 g/mol. The van der Waals surface area contributed by atoms with Gasteiger partial charge in [0.1, 0.15) is 5.70 Å². The zero-order valence-electron chi connectivity index (χ0n) is 14.9. The molecule has 1 N–H and O–H groups in total. The highest BCUT2D eigenvalue weighted by molar-refractivity contribution is 6.13. The van der Waals surface area contributed by atoms with Gasteiger partial charge in [0, 0.05) is 38.7 Å². The van der Waals surface area contributed by atoms with Gasteiger partial charge in [-0.3, -0.25) is 20.0 Å². The zero-order valence-corrected chi connectivity index (χ0v) is 14.9. The molecule has 0 aromatic carbocycles. The fourth-order valence-electron chi connectivity index (χ4n) is 2.21. The Bertz CT molecular complexity index is 753. The van der Waals surface area contributed by atoms with Crippen molar-refractivity contribution in [2.24, 2.45) is 4.99 Å². The van der Waals surface area contributed by atoms with Crippen molar-refractivity contribution in [2.75, 3.05) is 25.5 Å². The van der Waals surface area contributed by atoms with E-state index in [2.05, 4.69) is 20.3 Å². The number of carbonyl (C=O) groups is 2. The second kappa shape index (κ2) is 8.18. The Morgan fingerprint density at radius 3 is 2.80 bits per heavy atom. The molecule has 25 heavy (non-hydrogen) atoms. The molecule has 132 valence electrons. The van der Waals surface area contributed by atoms with Crippen LogP contribution in [0.3, 0.4) is 0 Å². The highest BCUT2D eigenvalue weighted by atomic mass is 16.2. The highest BCUT2D eigenvalue weighted by Crippen LogP contribution is 2.15. The van der Waals surface area contributed by atoms with E-state index in [4.69, 9.17) is 0 Å². The lowest BCUT2D eigenvalue weighted by molar-refractivity contribution is -0.115. The maximum absolute atomic E-state index is 11.8. The summed E-state index contributed by atoms with van der Waals surface area (Å²) in [5.41, 5.74) is 1.80. The van der Waals surface area contributed by atoms with E-state index in [1.807, 2.05) is 31.9 Å². The van der Waals surface area contributed by atoms with E-state index in [1.54, 1.807) is 24.6 Å². The summed E-state index contributed by atoms with van der Waals surface area (Å²) in [6.07, 6.45) is 7.82. The van der Waals surface area contributed by atoms with Crippen LogP contribution in [-0.4, -0.2) is 53.7 Å². The van der Waals surface area contributed by atoms with Crippen LogP contribution >= 0.6 is 0 Å². The SMILES string of the molecule is CC=N/C(=C\CN(C)c1nccc(C=C2C(=O)NC(=O)N2C)n1)CC. The molecule has 1 aliphatic rings. The van der Waals surface area contributed by atoms with Gasteiger partial charge in [-0.1, -0.05) is 6.92 Å². The van der Waals surface area contributed by atoms with Gasteiger partial charge in [0.2, 0.25) is 5.95 Å². The molecule has 3 amide bonds. The first-order valence-corrected chi connectivity index (χ1v) is 7.98. The molecule has 2 rings (SSSR count). The van der Waals surface area contributed by atoms with E-state index in [0.717, 1.165) is 12.1 Å². The predicted octanol–water partition coefficient (Wildman–Crippen LogP) is 1.82. The molecular weight excluding hydrogens is 320 g/mol. The third-order valence-electron chi connectivity index (χ3n) is 3.67. The number of likely N-dealkylation sites (N-methyl/N-ethyl adjacent to an activating group) is 2. The van der Waals surface area contributed by atoms with E-state index < -0.39 is 11.9 Å². The number of aliphatic imine (C=N–C) groups is 1. The number of hydrogen-bond acceptors (Lipinski definition) is 6. The van der Waals surface area contributed by atoms with Gasteiger partial charge in [-0.2, -0.15) is 0 Å². The van der Waals surface area contributed by atoms with Crippen molar-refractivity contribution in [3.8, 4) is 0 Å². The molecule has 2 heterocycles. The topological polar surface area (TPSA) is 90.8 Å². The average Bonchev–Trinajstić information content (AvgIpc) is 2.84. The lowest BCUT2D eigenvalue weighted by atomic mass is 10.3. The van der Waals surface area contributed by atoms with Crippen LogP contribution in [0.25, 0.3) is 6.08 Å². The number of allylic oxidation sites excluding steroid dienone is 1. The molecule has 1 aromatic rings. The van der Waals surface area contributed by atoms with Crippen LogP contribution in [0.5, 0.6) is 0 Å². The number of carbonyl (C=O) groups excluding carboxylic acids is 2. The fraction of sp³-hybridized carbons (Fsp3) is 0.353. The highest BCUT2D eigenvalue weighted by Gasteiger charge is 2.29. The first kappa shape index (κ1) is 18.3. The summed E-state index contributed by atoms with van der Waals surface area (Å²) in [4.78, 5) is 39.4. The third-order valence-corrected chi connectivity index (χ3v) is 3.67. The van der Waals surface area contributed by atoms with Gasteiger partial charge in [-0.25, -0.2) is 14.8 Å². The van der Waals surface area contributed by atoms with Crippen molar-refractivity contribution >= 4 is 30.2 Å². The van der Waals surface area contributed by atoms with Gasteiger partial charge < -0.3 is 4.90 Å². The molecule has 8 heteroatoms. The number of urea groups is 1. The smallest absolute Gasteiger partial charge is 0.328 e. The maximum Gasteiger partial charge on any atom is 0.328 e. The minimum atomic E-state index is -0.448. The molecule has 0 atom stereocenters. The van der Waals surface area contributed by atoms with Crippen LogP contribution < -0.4 is 10.2 Å². The Balaban J connectivity index is 2.18. The second-order valence-electron chi connectivity index (χ2n) is 5.45. The maximum atomic E-state index is 11.8. The van der Waals surface area contributed by atoms with E-state index >= 15 is 0 Å². The Labute approximate surface area is 147 Å². The lowest BCUT2D eigenvalue weighted by Crippen LogP contribution is -2.24. The zero-order chi connectivity index (χ0) is 18.4. The molecule has 1 fully saturated rings. The Morgan fingerprint density at radius 1 is 1.44 bits per heavy atom. The van der Waals surface area contributed by atoms with Crippen LogP contribution in [0.2, 0.25) is 0 Å².